The number of hydrogen-bond donors (Lipinski definition) is 1. The van der Waals surface area contributed by atoms with E-state index in [1.807, 2.05) is 12.5 Å². The van der Waals surface area contributed by atoms with Crippen molar-refractivity contribution in [1.82, 2.24) is 14.5 Å². The highest BCUT2D eigenvalue weighted by molar-refractivity contribution is 5.60. The third kappa shape index (κ3) is 2.86. The van der Waals surface area contributed by atoms with Crippen LogP contribution < -0.4 is 5.32 Å². The lowest BCUT2D eigenvalue weighted by molar-refractivity contribution is -0.384. The van der Waals surface area contributed by atoms with E-state index in [1.54, 1.807) is 25.4 Å². The Hall–Kier alpha value is -2.44. The Morgan fingerprint density at radius 2 is 2.29 bits per heavy atom. The number of anilines is 1. The van der Waals surface area contributed by atoms with Gasteiger partial charge in [-0.2, -0.15) is 0 Å². The summed E-state index contributed by atoms with van der Waals surface area (Å²) >= 11 is 0. The summed E-state index contributed by atoms with van der Waals surface area (Å²) in [4.78, 5) is 18.9. The molecule has 21 heavy (non-hydrogen) atoms. The number of nitro groups is 1. The molecule has 0 bridgehead atoms. The van der Waals surface area contributed by atoms with Crippen LogP contribution in [0.25, 0.3) is 0 Å². The lowest BCUT2D eigenvalue weighted by Crippen LogP contribution is -2.37. The standard InChI is InChI=1S/C14H17N5O2/c1-10-2-3-16-14(13(10)19(20)21)17-12-6-11(7-12)8-18-5-4-15-9-18/h2-5,9,11-12H,6-8H2,1H3,(H,16,17). The molecule has 0 unspecified atom stereocenters. The van der Waals surface area contributed by atoms with E-state index in [-0.39, 0.29) is 16.7 Å². The van der Waals surface area contributed by atoms with Gasteiger partial charge in [-0.15, -0.1) is 0 Å². The molecule has 110 valence electrons. The van der Waals surface area contributed by atoms with Crippen molar-refractivity contribution < 1.29 is 4.92 Å². The van der Waals surface area contributed by atoms with E-state index < -0.39 is 0 Å². The maximum absolute atomic E-state index is 11.1. The number of rotatable bonds is 5. The topological polar surface area (TPSA) is 85.9 Å². The predicted octanol–water partition coefficient (Wildman–Crippen LogP) is 2.39. The van der Waals surface area contributed by atoms with Gasteiger partial charge < -0.3 is 9.88 Å². The molecule has 1 N–H and O–H groups in total. The largest absolute Gasteiger partial charge is 0.362 e. The van der Waals surface area contributed by atoms with Gasteiger partial charge in [-0.25, -0.2) is 9.97 Å². The maximum Gasteiger partial charge on any atom is 0.314 e. The third-order valence-corrected chi connectivity index (χ3v) is 3.91. The summed E-state index contributed by atoms with van der Waals surface area (Å²) in [7, 11) is 0. The molecule has 0 aromatic carbocycles. The van der Waals surface area contributed by atoms with Crippen molar-refractivity contribution in [3.63, 3.8) is 0 Å². The van der Waals surface area contributed by atoms with Gasteiger partial charge in [0.25, 0.3) is 0 Å². The van der Waals surface area contributed by atoms with Gasteiger partial charge >= 0.3 is 5.69 Å². The van der Waals surface area contributed by atoms with Crippen LogP contribution in [-0.4, -0.2) is 25.5 Å². The highest BCUT2D eigenvalue weighted by Gasteiger charge is 2.31. The summed E-state index contributed by atoms with van der Waals surface area (Å²) < 4.78 is 2.06. The molecule has 1 aliphatic rings. The Morgan fingerprint density at radius 1 is 1.48 bits per heavy atom. The minimum atomic E-state index is -0.369. The van der Waals surface area contributed by atoms with Crippen LogP contribution in [0.15, 0.2) is 31.0 Å². The molecule has 2 heterocycles. The lowest BCUT2D eigenvalue weighted by atomic mass is 9.80. The quantitative estimate of drug-likeness (QED) is 0.674. The average Bonchev–Trinajstić information content (AvgIpc) is 2.88. The van der Waals surface area contributed by atoms with Crippen molar-refractivity contribution in [2.45, 2.75) is 32.4 Å². The molecule has 1 fully saturated rings. The zero-order valence-corrected chi connectivity index (χ0v) is 11.8. The van der Waals surface area contributed by atoms with Crippen LogP contribution in [0.3, 0.4) is 0 Å². The molecular weight excluding hydrogens is 270 g/mol. The van der Waals surface area contributed by atoms with E-state index in [0.29, 0.717) is 17.3 Å². The van der Waals surface area contributed by atoms with Crippen molar-refractivity contribution in [3.05, 3.63) is 46.7 Å². The second kappa shape index (κ2) is 5.51. The summed E-state index contributed by atoms with van der Waals surface area (Å²) in [6.45, 7) is 2.68. The SMILES string of the molecule is Cc1ccnc(NC2CC(Cn3ccnc3)C2)c1[N+](=O)[O-]. The van der Waals surface area contributed by atoms with Crippen molar-refractivity contribution in [2.75, 3.05) is 5.32 Å². The van der Waals surface area contributed by atoms with Crippen LogP contribution in [0, 0.1) is 23.0 Å². The van der Waals surface area contributed by atoms with Crippen LogP contribution >= 0.6 is 0 Å². The van der Waals surface area contributed by atoms with Gasteiger partial charge in [0, 0.05) is 36.7 Å². The summed E-state index contributed by atoms with van der Waals surface area (Å²) in [5, 5.41) is 14.3. The molecule has 0 atom stereocenters. The van der Waals surface area contributed by atoms with Gasteiger partial charge in [-0.05, 0) is 31.7 Å². The van der Waals surface area contributed by atoms with Gasteiger partial charge in [0.15, 0.2) is 0 Å². The van der Waals surface area contributed by atoms with E-state index in [4.69, 9.17) is 0 Å². The molecule has 7 nitrogen and oxygen atoms in total. The zero-order valence-electron chi connectivity index (χ0n) is 11.8. The summed E-state index contributed by atoms with van der Waals surface area (Å²) in [5.74, 6) is 0.964. The van der Waals surface area contributed by atoms with E-state index in [0.717, 1.165) is 19.4 Å². The number of pyridine rings is 1. The fourth-order valence-electron chi connectivity index (χ4n) is 2.78. The molecule has 0 radical (unpaired) electrons. The van der Waals surface area contributed by atoms with Crippen LogP contribution in [0.2, 0.25) is 0 Å². The Morgan fingerprint density at radius 3 is 2.95 bits per heavy atom. The first-order valence-corrected chi connectivity index (χ1v) is 6.95. The summed E-state index contributed by atoms with van der Waals surface area (Å²) in [5.41, 5.74) is 0.711. The Labute approximate surface area is 122 Å². The maximum atomic E-state index is 11.1. The fraction of sp³-hybridized carbons (Fsp3) is 0.429. The molecule has 2 aromatic heterocycles. The second-order valence-electron chi connectivity index (χ2n) is 5.52. The predicted molar refractivity (Wildman–Crippen MR) is 78.0 cm³/mol. The normalized spacial score (nSPS) is 20.8. The number of aryl methyl sites for hydroxylation is 1. The Balaban J connectivity index is 1.60. The monoisotopic (exact) mass is 287 g/mol. The molecule has 1 aliphatic carbocycles. The average molecular weight is 287 g/mol. The van der Waals surface area contributed by atoms with Gasteiger partial charge in [0.1, 0.15) is 0 Å². The molecule has 3 rings (SSSR count). The van der Waals surface area contributed by atoms with E-state index >= 15 is 0 Å². The smallest absolute Gasteiger partial charge is 0.314 e. The fourth-order valence-corrected chi connectivity index (χ4v) is 2.78. The molecular formula is C14H17N5O2. The van der Waals surface area contributed by atoms with Gasteiger partial charge in [0.05, 0.1) is 11.3 Å². The van der Waals surface area contributed by atoms with Gasteiger partial charge in [-0.3, -0.25) is 10.1 Å². The van der Waals surface area contributed by atoms with Crippen molar-refractivity contribution in [3.8, 4) is 0 Å². The number of nitrogens with zero attached hydrogens (tertiary/aromatic N) is 4. The first kappa shape index (κ1) is 13.5. The van der Waals surface area contributed by atoms with Crippen LogP contribution in [0.5, 0.6) is 0 Å². The summed E-state index contributed by atoms with van der Waals surface area (Å²) in [6, 6.07) is 1.91. The molecule has 7 heteroatoms. The van der Waals surface area contributed by atoms with Crippen LogP contribution in [0.1, 0.15) is 18.4 Å². The molecule has 0 spiro atoms. The van der Waals surface area contributed by atoms with E-state index in [1.165, 1.54) is 0 Å². The molecule has 0 aliphatic heterocycles. The number of nitrogens with one attached hydrogen (secondary N) is 1. The van der Waals surface area contributed by atoms with Crippen LogP contribution in [-0.2, 0) is 6.54 Å². The van der Waals surface area contributed by atoms with Crippen LogP contribution in [0.4, 0.5) is 11.5 Å². The van der Waals surface area contributed by atoms with E-state index in [9.17, 15) is 10.1 Å². The third-order valence-electron chi connectivity index (χ3n) is 3.91. The van der Waals surface area contributed by atoms with Gasteiger partial charge in [0.2, 0.25) is 5.82 Å². The number of imidazole rings is 1. The first-order valence-electron chi connectivity index (χ1n) is 6.95. The number of hydrogen-bond acceptors (Lipinski definition) is 5. The van der Waals surface area contributed by atoms with Crippen molar-refractivity contribution in [2.24, 2.45) is 5.92 Å². The lowest BCUT2D eigenvalue weighted by Gasteiger charge is -2.36. The Kier molecular flexibility index (Phi) is 3.55. The highest BCUT2D eigenvalue weighted by atomic mass is 16.6. The van der Waals surface area contributed by atoms with Crippen molar-refractivity contribution >= 4 is 11.5 Å². The zero-order chi connectivity index (χ0) is 14.8. The molecule has 0 saturated heterocycles. The molecule has 0 amide bonds. The van der Waals surface area contributed by atoms with E-state index in [2.05, 4.69) is 19.9 Å². The minimum Gasteiger partial charge on any atom is -0.362 e. The minimum absolute atomic E-state index is 0.0792. The highest BCUT2D eigenvalue weighted by Crippen LogP contribution is 2.34. The Bertz CT molecular complexity index is 635. The first-order chi connectivity index (χ1) is 10.1. The van der Waals surface area contributed by atoms with Crippen molar-refractivity contribution in [1.29, 1.82) is 0 Å². The number of aromatic nitrogens is 3. The molecule has 1 saturated carbocycles. The summed E-state index contributed by atoms with van der Waals surface area (Å²) in [6.07, 6.45) is 9.12. The van der Waals surface area contributed by atoms with Gasteiger partial charge in [-0.1, -0.05) is 0 Å². The molecule has 2 aromatic rings. The second-order valence-corrected chi connectivity index (χ2v) is 5.52.